The van der Waals surface area contributed by atoms with Crippen LogP contribution in [0.2, 0.25) is 0 Å². The molecule has 0 saturated carbocycles. The molecule has 0 radical (unpaired) electrons. The van der Waals surface area contributed by atoms with E-state index in [2.05, 4.69) is 5.32 Å². The summed E-state index contributed by atoms with van der Waals surface area (Å²) in [6, 6.07) is 0. The van der Waals surface area contributed by atoms with Gasteiger partial charge in [-0.2, -0.15) is 0 Å². The Bertz CT molecular complexity index is 348. The van der Waals surface area contributed by atoms with Crippen LogP contribution in [0.4, 0.5) is 0 Å². The van der Waals surface area contributed by atoms with Crippen molar-refractivity contribution in [1.29, 1.82) is 0 Å². The van der Waals surface area contributed by atoms with Crippen molar-refractivity contribution >= 4 is 11.8 Å². The Kier molecular flexibility index (Phi) is 6.45. The number of ether oxygens (including phenoxy) is 2. The Morgan fingerprint density at radius 3 is 2.43 bits per heavy atom. The van der Waals surface area contributed by atoms with E-state index in [-0.39, 0.29) is 23.7 Å². The number of hydrogen-bond acceptors (Lipinski definition) is 4. The zero-order valence-electron chi connectivity index (χ0n) is 12.8. The van der Waals surface area contributed by atoms with Gasteiger partial charge >= 0.3 is 0 Å². The van der Waals surface area contributed by atoms with Gasteiger partial charge in [-0.3, -0.25) is 9.59 Å². The van der Waals surface area contributed by atoms with Crippen LogP contribution in [0, 0.1) is 11.8 Å². The molecule has 2 rings (SSSR count). The first-order chi connectivity index (χ1) is 10.2. The molecule has 120 valence electrons. The first-order valence-electron chi connectivity index (χ1n) is 7.85. The number of hydrogen-bond donors (Lipinski definition) is 1. The minimum absolute atomic E-state index is 0.0283. The highest BCUT2D eigenvalue weighted by molar-refractivity contribution is 5.81. The van der Waals surface area contributed by atoms with Crippen LogP contribution in [0.5, 0.6) is 0 Å². The molecule has 2 saturated heterocycles. The second-order valence-corrected chi connectivity index (χ2v) is 5.77. The van der Waals surface area contributed by atoms with E-state index in [0.717, 1.165) is 25.7 Å². The van der Waals surface area contributed by atoms with Crippen LogP contribution in [0.1, 0.15) is 25.7 Å². The van der Waals surface area contributed by atoms with Crippen molar-refractivity contribution in [2.45, 2.75) is 25.7 Å². The van der Waals surface area contributed by atoms with E-state index in [1.54, 1.807) is 7.11 Å². The standard InChI is InChI=1S/C15H26N2O4/c1-20-11-6-16-14(18)12-2-7-17(8-3-12)15(19)13-4-9-21-10-5-13/h12-13H,2-11H2,1H3,(H,16,18). The van der Waals surface area contributed by atoms with Crippen molar-refractivity contribution in [1.82, 2.24) is 10.2 Å². The highest BCUT2D eigenvalue weighted by Gasteiger charge is 2.31. The van der Waals surface area contributed by atoms with Gasteiger partial charge in [0.15, 0.2) is 0 Å². The highest BCUT2D eigenvalue weighted by Crippen LogP contribution is 2.23. The number of likely N-dealkylation sites (tertiary alicyclic amines) is 1. The molecule has 0 bridgehead atoms. The zero-order chi connectivity index (χ0) is 15.1. The van der Waals surface area contributed by atoms with E-state index in [1.165, 1.54) is 0 Å². The van der Waals surface area contributed by atoms with Gasteiger partial charge in [0.05, 0.1) is 6.61 Å². The maximum Gasteiger partial charge on any atom is 0.225 e. The molecule has 2 heterocycles. The molecule has 2 amide bonds. The maximum absolute atomic E-state index is 12.4. The quantitative estimate of drug-likeness (QED) is 0.747. The molecule has 2 fully saturated rings. The SMILES string of the molecule is COCCNC(=O)C1CCN(C(=O)C2CCOCC2)CC1. The lowest BCUT2D eigenvalue weighted by atomic mass is 9.93. The topological polar surface area (TPSA) is 67.9 Å². The van der Waals surface area contributed by atoms with Crippen molar-refractivity contribution in [3.8, 4) is 0 Å². The zero-order valence-corrected chi connectivity index (χ0v) is 12.8. The number of methoxy groups -OCH3 is 1. The number of carbonyl (C=O) groups excluding carboxylic acids is 2. The maximum atomic E-state index is 12.4. The third-order valence-electron chi connectivity index (χ3n) is 4.35. The Hall–Kier alpha value is -1.14. The molecule has 0 spiro atoms. The predicted octanol–water partition coefficient (Wildman–Crippen LogP) is 0.414. The van der Waals surface area contributed by atoms with Crippen LogP contribution in [0.3, 0.4) is 0 Å². The molecular formula is C15H26N2O4. The van der Waals surface area contributed by atoms with Gasteiger partial charge in [0.2, 0.25) is 11.8 Å². The van der Waals surface area contributed by atoms with E-state index in [1.807, 2.05) is 4.90 Å². The van der Waals surface area contributed by atoms with E-state index in [9.17, 15) is 9.59 Å². The van der Waals surface area contributed by atoms with Gasteiger partial charge in [0, 0.05) is 51.8 Å². The van der Waals surface area contributed by atoms with Gasteiger partial charge in [0.1, 0.15) is 0 Å². The summed E-state index contributed by atoms with van der Waals surface area (Å²) in [5.41, 5.74) is 0. The summed E-state index contributed by atoms with van der Waals surface area (Å²) in [5.74, 6) is 0.480. The minimum Gasteiger partial charge on any atom is -0.383 e. The predicted molar refractivity (Wildman–Crippen MR) is 77.7 cm³/mol. The van der Waals surface area contributed by atoms with Crippen molar-refractivity contribution in [2.75, 3.05) is 46.6 Å². The van der Waals surface area contributed by atoms with Crippen LogP contribution in [-0.2, 0) is 19.1 Å². The van der Waals surface area contributed by atoms with Gasteiger partial charge in [-0.1, -0.05) is 0 Å². The summed E-state index contributed by atoms with van der Waals surface area (Å²) < 4.78 is 10.2. The molecule has 2 aliphatic rings. The summed E-state index contributed by atoms with van der Waals surface area (Å²) >= 11 is 0. The number of piperidine rings is 1. The number of rotatable bonds is 5. The molecule has 2 aliphatic heterocycles. The normalized spacial score (nSPS) is 21.3. The number of nitrogens with zero attached hydrogens (tertiary/aromatic N) is 1. The largest absolute Gasteiger partial charge is 0.383 e. The summed E-state index contributed by atoms with van der Waals surface area (Å²) in [4.78, 5) is 26.3. The Labute approximate surface area is 126 Å². The van der Waals surface area contributed by atoms with Crippen molar-refractivity contribution in [3.63, 3.8) is 0 Å². The molecule has 0 aromatic heterocycles. The first-order valence-corrected chi connectivity index (χ1v) is 7.85. The lowest BCUT2D eigenvalue weighted by Gasteiger charge is -2.34. The first kappa shape index (κ1) is 16.2. The Morgan fingerprint density at radius 1 is 1.14 bits per heavy atom. The summed E-state index contributed by atoms with van der Waals surface area (Å²) in [6.45, 7) is 3.85. The van der Waals surface area contributed by atoms with Gasteiger partial charge in [-0.15, -0.1) is 0 Å². The summed E-state index contributed by atoms with van der Waals surface area (Å²) in [7, 11) is 1.62. The van der Waals surface area contributed by atoms with Crippen LogP contribution < -0.4 is 5.32 Å². The average Bonchev–Trinajstić information content (AvgIpc) is 2.55. The van der Waals surface area contributed by atoms with E-state index in [4.69, 9.17) is 9.47 Å². The van der Waals surface area contributed by atoms with E-state index >= 15 is 0 Å². The average molecular weight is 298 g/mol. The molecule has 6 nitrogen and oxygen atoms in total. The Balaban J connectivity index is 1.72. The van der Waals surface area contributed by atoms with Crippen molar-refractivity contribution in [2.24, 2.45) is 11.8 Å². The molecular weight excluding hydrogens is 272 g/mol. The summed E-state index contributed by atoms with van der Waals surface area (Å²) in [5, 5.41) is 2.88. The third-order valence-corrected chi connectivity index (χ3v) is 4.35. The fourth-order valence-electron chi connectivity index (χ4n) is 2.99. The van der Waals surface area contributed by atoms with Gasteiger partial charge < -0.3 is 19.7 Å². The molecule has 0 unspecified atom stereocenters. The molecule has 0 aliphatic carbocycles. The molecule has 21 heavy (non-hydrogen) atoms. The highest BCUT2D eigenvalue weighted by atomic mass is 16.5. The number of amides is 2. The number of carbonyl (C=O) groups is 2. The lowest BCUT2D eigenvalue weighted by Crippen LogP contribution is -2.46. The second kappa shape index (κ2) is 8.34. The molecule has 0 atom stereocenters. The van der Waals surface area contributed by atoms with Gasteiger partial charge in [-0.25, -0.2) is 0 Å². The van der Waals surface area contributed by atoms with Crippen molar-refractivity contribution < 1.29 is 19.1 Å². The molecule has 6 heteroatoms. The van der Waals surface area contributed by atoms with E-state index in [0.29, 0.717) is 39.5 Å². The van der Waals surface area contributed by atoms with Crippen LogP contribution in [0.15, 0.2) is 0 Å². The van der Waals surface area contributed by atoms with Crippen LogP contribution in [-0.4, -0.2) is 63.3 Å². The van der Waals surface area contributed by atoms with Crippen molar-refractivity contribution in [3.05, 3.63) is 0 Å². The molecule has 0 aromatic carbocycles. The fraction of sp³-hybridized carbons (Fsp3) is 0.867. The minimum atomic E-state index is 0.0283. The summed E-state index contributed by atoms with van der Waals surface area (Å²) in [6.07, 6.45) is 3.17. The molecule has 0 aromatic rings. The number of nitrogens with one attached hydrogen (secondary N) is 1. The van der Waals surface area contributed by atoms with Crippen LogP contribution >= 0.6 is 0 Å². The monoisotopic (exact) mass is 298 g/mol. The smallest absolute Gasteiger partial charge is 0.225 e. The fourth-order valence-corrected chi connectivity index (χ4v) is 2.99. The molecule has 1 N–H and O–H groups in total. The second-order valence-electron chi connectivity index (χ2n) is 5.77. The van der Waals surface area contributed by atoms with Crippen LogP contribution in [0.25, 0.3) is 0 Å². The van der Waals surface area contributed by atoms with Gasteiger partial charge in [0.25, 0.3) is 0 Å². The van der Waals surface area contributed by atoms with E-state index < -0.39 is 0 Å². The lowest BCUT2D eigenvalue weighted by molar-refractivity contribution is -0.141. The Morgan fingerprint density at radius 2 is 1.81 bits per heavy atom. The van der Waals surface area contributed by atoms with Gasteiger partial charge in [-0.05, 0) is 25.7 Å². The third kappa shape index (κ3) is 4.68.